The highest BCUT2D eigenvalue weighted by atomic mass is 16.4. The summed E-state index contributed by atoms with van der Waals surface area (Å²) in [6, 6.07) is 8.45. The third kappa shape index (κ3) is 3.22. The van der Waals surface area contributed by atoms with Gasteiger partial charge in [0.15, 0.2) is 5.58 Å². The molecule has 1 N–H and O–H groups in total. The number of urea groups is 1. The number of fused-ring (bicyclic) bond motifs is 1. The molecule has 0 unspecified atom stereocenters. The highest BCUT2D eigenvalue weighted by Gasteiger charge is 2.24. The summed E-state index contributed by atoms with van der Waals surface area (Å²) in [6.45, 7) is 5.18. The van der Waals surface area contributed by atoms with Gasteiger partial charge in [0.25, 0.3) is 6.01 Å². The van der Waals surface area contributed by atoms with Crippen molar-refractivity contribution < 1.29 is 9.21 Å². The number of hydrogen-bond donors (Lipinski definition) is 1. The summed E-state index contributed by atoms with van der Waals surface area (Å²) < 4.78 is 7.61. The lowest BCUT2D eigenvalue weighted by Crippen LogP contribution is -2.51. The van der Waals surface area contributed by atoms with Gasteiger partial charge >= 0.3 is 6.03 Å². The molecule has 1 aromatic carbocycles. The Bertz CT molecular complexity index is 923. The monoisotopic (exact) mass is 354 g/mol. The van der Waals surface area contributed by atoms with Crippen LogP contribution in [0.2, 0.25) is 0 Å². The van der Waals surface area contributed by atoms with Gasteiger partial charge in [-0.15, -0.1) is 0 Å². The van der Waals surface area contributed by atoms with Gasteiger partial charge in [-0.3, -0.25) is 4.68 Å². The van der Waals surface area contributed by atoms with Crippen LogP contribution < -0.4 is 10.2 Å². The van der Waals surface area contributed by atoms with Crippen molar-refractivity contribution >= 4 is 23.1 Å². The minimum Gasteiger partial charge on any atom is -0.423 e. The number of oxazole rings is 1. The first-order valence-electron chi connectivity index (χ1n) is 8.72. The predicted octanol–water partition coefficient (Wildman–Crippen LogP) is 1.90. The Morgan fingerprint density at radius 3 is 2.77 bits per heavy atom. The Hall–Kier alpha value is -3.03. The van der Waals surface area contributed by atoms with E-state index in [1.807, 2.05) is 43.1 Å². The topological polar surface area (TPSA) is 79.4 Å². The van der Waals surface area contributed by atoms with E-state index in [4.69, 9.17) is 4.42 Å². The van der Waals surface area contributed by atoms with Crippen LogP contribution in [0.5, 0.6) is 0 Å². The summed E-state index contributed by atoms with van der Waals surface area (Å²) in [4.78, 5) is 20.8. The maximum Gasteiger partial charge on any atom is 0.317 e. The number of nitrogens with zero attached hydrogens (tertiary/aromatic N) is 5. The zero-order valence-electron chi connectivity index (χ0n) is 15.0. The van der Waals surface area contributed by atoms with Crippen LogP contribution in [0.4, 0.5) is 10.8 Å². The van der Waals surface area contributed by atoms with E-state index < -0.39 is 0 Å². The van der Waals surface area contributed by atoms with Gasteiger partial charge in [0, 0.05) is 39.4 Å². The number of nitrogens with one attached hydrogen (secondary N) is 1. The summed E-state index contributed by atoms with van der Waals surface area (Å²) in [6.07, 6.45) is 1.72. The number of rotatable bonds is 3. The third-order valence-corrected chi connectivity index (χ3v) is 4.71. The van der Waals surface area contributed by atoms with Crippen LogP contribution in [0.1, 0.15) is 11.3 Å². The lowest BCUT2D eigenvalue weighted by Gasteiger charge is -2.33. The molecule has 2 amide bonds. The van der Waals surface area contributed by atoms with Crippen molar-refractivity contribution in [2.45, 2.75) is 13.5 Å². The first-order chi connectivity index (χ1) is 12.6. The molecule has 0 saturated carbocycles. The van der Waals surface area contributed by atoms with Crippen molar-refractivity contribution in [1.29, 1.82) is 0 Å². The van der Waals surface area contributed by atoms with Crippen LogP contribution in [-0.4, -0.2) is 51.9 Å². The summed E-state index contributed by atoms with van der Waals surface area (Å²) in [7, 11) is 1.86. The number of aryl methyl sites for hydroxylation is 2. The van der Waals surface area contributed by atoms with E-state index >= 15 is 0 Å². The Kier molecular flexibility index (Phi) is 4.24. The molecule has 3 aromatic rings. The second-order valence-corrected chi connectivity index (χ2v) is 6.55. The minimum atomic E-state index is -0.0564. The quantitative estimate of drug-likeness (QED) is 0.777. The first-order valence-corrected chi connectivity index (χ1v) is 8.72. The fourth-order valence-electron chi connectivity index (χ4n) is 3.11. The molecule has 1 fully saturated rings. The van der Waals surface area contributed by atoms with Gasteiger partial charge in [0.05, 0.1) is 12.2 Å². The van der Waals surface area contributed by atoms with Crippen LogP contribution in [-0.2, 0) is 13.6 Å². The molecule has 26 heavy (non-hydrogen) atoms. The first kappa shape index (κ1) is 16.4. The van der Waals surface area contributed by atoms with E-state index in [0.29, 0.717) is 38.7 Å². The van der Waals surface area contributed by atoms with Gasteiger partial charge in [-0.25, -0.2) is 4.79 Å². The molecule has 0 aliphatic carbocycles. The molecule has 1 aliphatic rings. The van der Waals surface area contributed by atoms with Gasteiger partial charge < -0.3 is 19.5 Å². The van der Waals surface area contributed by atoms with Gasteiger partial charge in [-0.1, -0.05) is 6.07 Å². The molecule has 2 aromatic heterocycles. The minimum absolute atomic E-state index is 0.0564. The zero-order valence-corrected chi connectivity index (χ0v) is 15.0. The molecule has 8 heteroatoms. The average Bonchev–Trinajstić information content (AvgIpc) is 3.25. The van der Waals surface area contributed by atoms with E-state index in [-0.39, 0.29) is 6.03 Å². The van der Waals surface area contributed by atoms with Crippen LogP contribution >= 0.6 is 0 Å². The number of carbonyl (C=O) groups is 1. The smallest absolute Gasteiger partial charge is 0.317 e. The average molecular weight is 354 g/mol. The normalized spacial score (nSPS) is 14.8. The molecule has 0 spiro atoms. The van der Waals surface area contributed by atoms with Gasteiger partial charge in [-0.05, 0) is 30.7 Å². The molecule has 136 valence electrons. The number of piperazine rings is 1. The fourth-order valence-corrected chi connectivity index (χ4v) is 3.11. The molecule has 0 radical (unpaired) electrons. The highest BCUT2D eigenvalue weighted by Crippen LogP contribution is 2.23. The third-order valence-electron chi connectivity index (χ3n) is 4.71. The zero-order chi connectivity index (χ0) is 18.1. The summed E-state index contributed by atoms with van der Waals surface area (Å²) in [5.74, 6) is 0. The number of benzene rings is 1. The van der Waals surface area contributed by atoms with E-state index in [2.05, 4.69) is 20.3 Å². The largest absolute Gasteiger partial charge is 0.423 e. The van der Waals surface area contributed by atoms with Crippen molar-refractivity contribution in [3.05, 3.63) is 41.7 Å². The summed E-state index contributed by atoms with van der Waals surface area (Å²) >= 11 is 0. The Labute approximate surface area is 151 Å². The van der Waals surface area contributed by atoms with E-state index in [9.17, 15) is 4.79 Å². The molecule has 4 rings (SSSR count). The SMILES string of the molecule is Cc1ccc2oc(N3CCN(C(=O)NCc4ccnn4C)CC3)nc2c1. The molecule has 0 atom stereocenters. The van der Waals surface area contributed by atoms with Crippen LogP contribution in [0.3, 0.4) is 0 Å². The predicted molar refractivity (Wildman–Crippen MR) is 98.0 cm³/mol. The second-order valence-electron chi connectivity index (χ2n) is 6.55. The van der Waals surface area contributed by atoms with Gasteiger partial charge in [0.1, 0.15) is 5.52 Å². The standard InChI is InChI=1S/C18H22N6O2/c1-13-3-4-16-15(11-13)21-18(26-16)24-9-7-23(8-10-24)17(25)19-12-14-5-6-20-22(14)2/h3-6,11H,7-10,12H2,1-2H3,(H,19,25). The van der Waals surface area contributed by atoms with Crippen LogP contribution in [0.25, 0.3) is 11.1 Å². The maximum atomic E-state index is 12.4. The lowest BCUT2D eigenvalue weighted by molar-refractivity contribution is 0.193. The van der Waals surface area contributed by atoms with Crippen molar-refractivity contribution in [3.8, 4) is 0 Å². The molecule has 8 nitrogen and oxygen atoms in total. The van der Waals surface area contributed by atoms with Crippen LogP contribution in [0, 0.1) is 6.92 Å². The molecular weight excluding hydrogens is 332 g/mol. The van der Waals surface area contributed by atoms with Crippen molar-refractivity contribution in [1.82, 2.24) is 25.0 Å². The number of amides is 2. The number of carbonyl (C=O) groups excluding carboxylic acids is 1. The van der Waals surface area contributed by atoms with Crippen molar-refractivity contribution in [2.75, 3.05) is 31.1 Å². The fraction of sp³-hybridized carbons (Fsp3) is 0.389. The highest BCUT2D eigenvalue weighted by molar-refractivity contribution is 5.76. The van der Waals surface area contributed by atoms with Crippen LogP contribution in [0.15, 0.2) is 34.9 Å². The summed E-state index contributed by atoms with van der Waals surface area (Å²) in [5, 5.41) is 7.05. The number of hydrogen-bond acceptors (Lipinski definition) is 5. The second kappa shape index (κ2) is 6.70. The molecule has 1 aliphatic heterocycles. The lowest BCUT2D eigenvalue weighted by atomic mass is 10.2. The molecule has 0 bridgehead atoms. The summed E-state index contributed by atoms with van der Waals surface area (Å²) in [5.41, 5.74) is 3.80. The Morgan fingerprint density at radius 2 is 2.04 bits per heavy atom. The molecule has 1 saturated heterocycles. The van der Waals surface area contributed by atoms with E-state index in [0.717, 1.165) is 22.4 Å². The Morgan fingerprint density at radius 1 is 1.23 bits per heavy atom. The van der Waals surface area contributed by atoms with Gasteiger partial charge in [0.2, 0.25) is 0 Å². The molecule has 3 heterocycles. The van der Waals surface area contributed by atoms with E-state index in [1.54, 1.807) is 10.9 Å². The number of aromatic nitrogens is 3. The van der Waals surface area contributed by atoms with E-state index in [1.165, 1.54) is 0 Å². The maximum absolute atomic E-state index is 12.4. The number of anilines is 1. The van der Waals surface area contributed by atoms with Crippen molar-refractivity contribution in [2.24, 2.45) is 7.05 Å². The van der Waals surface area contributed by atoms with Crippen molar-refractivity contribution in [3.63, 3.8) is 0 Å². The van der Waals surface area contributed by atoms with Gasteiger partial charge in [-0.2, -0.15) is 10.1 Å². The Balaban J connectivity index is 1.34. The molecular formula is C18H22N6O2.